The molecule has 0 bridgehead atoms. The normalized spacial score (nSPS) is 13.0. The predicted octanol–water partition coefficient (Wildman–Crippen LogP) is 3.65. The molecule has 10 nitrogen and oxygen atoms in total. The summed E-state index contributed by atoms with van der Waals surface area (Å²) in [6, 6.07) is 4.43. The Morgan fingerprint density at radius 2 is 1.78 bits per heavy atom. The number of carbonyl (C=O) groups is 3. The highest BCUT2D eigenvalue weighted by molar-refractivity contribution is 8.00. The zero-order chi connectivity index (χ0) is 20.8. The lowest BCUT2D eigenvalue weighted by Crippen LogP contribution is -2.41. The second-order valence-corrected chi connectivity index (χ2v) is 8.51. The van der Waals surface area contributed by atoms with Crippen LogP contribution in [0.15, 0.2) is 29.4 Å². The Balaban J connectivity index is 3.03. The number of amides is 1. The van der Waals surface area contributed by atoms with Crippen molar-refractivity contribution in [2.75, 3.05) is 5.75 Å². The van der Waals surface area contributed by atoms with Gasteiger partial charge in [-0.15, -0.1) is 0 Å². The summed E-state index contributed by atoms with van der Waals surface area (Å²) < 4.78 is 4.46. The smallest absolute Gasteiger partial charge is 0.345 e. The number of nitro groups is 1. The third-order valence-corrected chi connectivity index (χ3v) is 4.94. The van der Waals surface area contributed by atoms with Crippen LogP contribution in [0.25, 0.3) is 10.4 Å². The van der Waals surface area contributed by atoms with Crippen molar-refractivity contribution in [3.05, 3.63) is 50.4 Å². The van der Waals surface area contributed by atoms with Crippen molar-refractivity contribution < 1.29 is 24.0 Å². The summed E-state index contributed by atoms with van der Waals surface area (Å²) in [5.74, 6) is -3.38. The van der Waals surface area contributed by atoms with Gasteiger partial charge in [-0.2, -0.15) is 11.8 Å². The summed E-state index contributed by atoms with van der Waals surface area (Å²) in [7, 11) is 0. The molecule has 0 aliphatic heterocycles. The van der Waals surface area contributed by atoms with Crippen LogP contribution >= 0.6 is 11.8 Å². The van der Waals surface area contributed by atoms with Gasteiger partial charge in [0.05, 0.1) is 10.5 Å². The van der Waals surface area contributed by atoms with Crippen molar-refractivity contribution in [2.45, 2.75) is 32.4 Å². The molecule has 144 valence electrons. The first-order valence-electron chi connectivity index (χ1n) is 7.65. The molecule has 1 rings (SSSR count). The van der Waals surface area contributed by atoms with E-state index in [-0.39, 0.29) is 21.8 Å². The summed E-state index contributed by atoms with van der Waals surface area (Å²) in [4.78, 5) is 49.2. The molecule has 1 amide bonds. The lowest BCUT2D eigenvalue weighted by atomic mass is 9.92. The number of esters is 2. The fourth-order valence-corrected chi connectivity index (χ4v) is 2.66. The van der Waals surface area contributed by atoms with Crippen molar-refractivity contribution >= 4 is 35.3 Å². The molecular formula is C16H18N4O6S. The quantitative estimate of drug-likeness (QED) is 0.136. The molecule has 1 aromatic carbocycles. The van der Waals surface area contributed by atoms with Gasteiger partial charge in [0, 0.05) is 27.5 Å². The van der Waals surface area contributed by atoms with Crippen LogP contribution in [0.4, 0.5) is 5.69 Å². The fraction of sp³-hybridized carbons (Fsp3) is 0.438. The van der Waals surface area contributed by atoms with Crippen LogP contribution in [0.1, 0.15) is 38.1 Å². The molecule has 0 radical (unpaired) electrons. The van der Waals surface area contributed by atoms with Gasteiger partial charge in [0.25, 0.3) is 5.69 Å². The number of hydrogen-bond acceptors (Lipinski definition) is 7. The van der Waals surface area contributed by atoms with E-state index >= 15 is 0 Å². The molecule has 0 fully saturated rings. The molecule has 1 unspecified atom stereocenters. The van der Waals surface area contributed by atoms with Crippen molar-refractivity contribution in [1.29, 1.82) is 0 Å². The molecule has 0 heterocycles. The summed E-state index contributed by atoms with van der Waals surface area (Å²) in [6.45, 7) is 6.82. The number of non-ortho nitro benzene ring substituents is 1. The maximum atomic E-state index is 12.5. The van der Waals surface area contributed by atoms with Gasteiger partial charge in [0.1, 0.15) is 5.41 Å². The third kappa shape index (κ3) is 6.08. The molecule has 0 aliphatic carbocycles. The molecule has 27 heavy (non-hydrogen) atoms. The minimum atomic E-state index is -1.86. The Bertz CT molecular complexity index is 811. The zero-order valence-corrected chi connectivity index (χ0v) is 16.0. The van der Waals surface area contributed by atoms with Gasteiger partial charge >= 0.3 is 11.9 Å². The number of carbonyl (C=O) groups excluding carboxylic acids is 3. The second-order valence-electron chi connectivity index (χ2n) is 6.71. The van der Waals surface area contributed by atoms with E-state index in [2.05, 4.69) is 10.0 Å². The number of hydrogen-bond donors (Lipinski definition) is 0. The Morgan fingerprint density at radius 3 is 2.22 bits per heavy atom. The van der Waals surface area contributed by atoms with E-state index in [1.807, 2.05) is 20.8 Å². The number of thioether (sulfide) groups is 1. The SMILES string of the molecule is CC(C)(C)SCC(C)(C(=O)N=[N+]=[N-])C(=O)OC(=O)c1ccc([N+](=O)[O-])cc1. The van der Waals surface area contributed by atoms with Crippen molar-refractivity contribution in [1.82, 2.24) is 0 Å². The number of benzene rings is 1. The van der Waals surface area contributed by atoms with Gasteiger partial charge in [0.15, 0.2) is 0 Å². The Hall–Kier alpha value is -2.91. The van der Waals surface area contributed by atoms with Gasteiger partial charge in [0.2, 0.25) is 5.91 Å². The summed E-state index contributed by atoms with van der Waals surface area (Å²) >= 11 is 1.26. The van der Waals surface area contributed by atoms with Crippen molar-refractivity contribution in [3.8, 4) is 0 Å². The first-order valence-corrected chi connectivity index (χ1v) is 8.64. The molecule has 0 spiro atoms. The van der Waals surface area contributed by atoms with Crippen LogP contribution in [0.3, 0.4) is 0 Å². The molecule has 0 aliphatic rings. The molecule has 0 saturated carbocycles. The Labute approximate surface area is 159 Å². The highest BCUT2D eigenvalue weighted by Crippen LogP contribution is 2.33. The van der Waals surface area contributed by atoms with Crippen LogP contribution < -0.4 is 0 Å². The summed E-state index contributed by atoms with van der Waals surface area (Å²) in [5.41, 5.74) is 6.30. The van der Waals surface area contributed by atoms with E-state index in [0.29, 0.717) is 0 Å². The zero-order valence-electron chi connectivity index (χ0n) is 15.2. The number of nitrogens with zero attached hydrogens (tertiary/aromatic N) is 4. The summed E-state index contributed by atoms with van der Waals surface area (Å²) in [6.07, 6.45) is 0. The van der Waals surface area contributed by atoms with E-state index < -0.39 is 28.2 Å². The van der Waals surface area contributed by atoms with Crippen LogP contribution in [-0.4, -0.2) is 33.3 Å². The highest BCUT2D eigenvalue weighted by Gasteiger charge is 2.44. The van der Waals surface area contributed by atoms with Crippen LogP contribution in [0, 0.1) is 15.5 Å². The van der Waals surface area contributed by atoms with E-state index in [1.165, 1.54) is 18.7 Å². The minimum Gasteiger partial charge on any atom is -0.389 e. The highest BCUT2D eigenvalue weighted by atomic mass is 32.2. The second kappa shape index (κ2) is 8.65. The lowest BCUT2D eigenvalue weighted by molar-refractivity contribution is -0.384. The Kier molecular flexibility index (Phi) is 7.09. The number of ether oxygens (including phenoxy) is 1. The van der Waals surface area contributed by atoms with Crippen LogP contribution in [0.5, 0.6) is 0 Å². The van der Waals surface area contributed by atoms with E-state index in [4.69, 9.17) is 10.3 Å². The van der Waals surface area contributed by atoms with Gasteiger partial charge in [-0.1, -0.05) is 20.8 Å². The number of azide groups is 1. The van der Waals surface area contributed by atoms with Crippen LogP contribution in [-0.2, 0) is 14.3 Å². The molecular weight excluding hydrogens is 376 g/mol. The minimum absolute atomic E-state index is 0.0687. The standard InChI is InChI=1S/C16H18N4O6S/c1-15(2,3)27-9-16(4,13(22)18-19-17)14(23)26-12(21)10-5-7-11(8-6-10)20(24)25/h5-8H,9H2,1-4H3. The Morgan fingerprint density at radius 1 is 1.22 bits per heavy atom. The maximum Gasteiger partial charge on any atom is 0.345 e. The van der Waals surface area contributed by atoms with Gasteiger partial charge in [-0.25, -0.2) is 4.79 Å². The van der Waals surface area contributed by atoms with Gasteiger partial charge in [-0.05, 0) is 29.7 Å². The third-order valence-electron chi connectivity index (χ3n) is 3.35. The molecule has 0 N–H and O–H groups in total. The first-order chi connectivity index (χ1) is 12.4. The predicted molar refractivity (Wildman–Crippen MR) is 98.0 cm³/mol. The molecule has 1 aromatic rings. The lowest BCUT2D eigenvalue weighted by Gasteiger charge is -2.27. The van der Waals surface area contributed by atoms with Gasteiger partial charge in [-0.3, -0.25) is 19.7 Å². The van der Waals surface area contributed by atoms with Crippen LogP contribution in [0.2, 0.25) is 0 Å². The molecule has 1 atom stereocenters. The monoisotopic (exact) mass is 394 g/mol. The largest absolute Gasteiger partial charge is 0.389 e. The molecule has 11 heteroatoms. The number of nitro benzene ring substituents is 1. The van der Waals surface area contributed by atoms with Crippen molar-refractivity contribution in [2.24, 2.45) is 10.5 Å². The average molecular weight is 394 g/mol. The van der Waals surface area contributed by atoms with E-state index in [9.17, 15) is 24.5 Å². The average Bonchev–Trinajstić information content (AvgIpc) is 2.59. The molecule has 0 saturated heterocycles. The number of rotatable bonds is 6. The van der Waals surface area contributed by atoms with E-state index in [0.717, 1.165) is 24.3 Å². The fourth-order valence-electron chi connectivity index (χ4n) is 1.69. The van der Waals surface area contributed by atoms with Crippen molar-refractivity contribution in [3.63, 3.8) is 0 Å². The first kappa shape index (κ1) is 22.1. The van der Waals surface area contributed by atoms with E-state index in [1.54, 1.807) is 0 Å². The topological polar surface area (TPSA) is 152 Å². The summed E-state index contributed by atoms with van der Waals surface area (Å²) in [5, 5.41) is 13.6. The maximum absolute atomic E-state index is 12.5. The van der Waals surface area contributed by atoms with Gasteiger partial charge < -0.3 is 4.74 Å². The molecule has 0 aromatic heterocycles.